The summed E-state index contributed by atoms with van der Waals surface area (Å²) in [4.78, 5) is 8.68. The first-order valence-electron chi connectivity index (χ1n) is 7.54. The Bertz CT molecular complexity index is 436. The second kappa shape index (κ2) is 6.88. The van der Waals surface area contributed by atoms with E-state index in [0.29, 0.717) is 24.4 Å². The molecule has 5 heteroatoms. The van der Waals surface area contributed by atoms with Gasteiger partial charge in [-0.25, -0.2) is 9.97 Å². The predicted molar refractivity (Wildman–Crippen MR) is 82.1 cm³/mol. The molecule has 20 heavy (non-hydrogen) atoms. The zero-order valence-corrected chi connectivity index (χ0v) is 12.7. The van der Waals surface area contributed by atoms with E-state index in [0.717, 1.165) is 30.2 Å². The van der Waals surface area contributed by atoms with E-state index in [1.165, 1.54) is 12.8 Å². The molecule has 2 atom stereocenters. The standard InChI is InChI=1S/C15H26N4O/c1-10(2)13-14(16-3)18-9-19-15(13)17-7-11-5-4-6-12(11)8-20/h9-12,20H,4-8H2,1-3H3,(H2,16,17,18,19). The van der Waals surface area contributed by atoms with Gasteiger partial charge in [-0.15, -0.1) is 0 Å². The molecule has 0 aromatic carbocycles. The van der Waals surface area contributed by atoms with Crippen LogP contribution in [-0.2, 0) is 0 Å². The highest BCUT2D eigenvalue weighted by Gasteiger charge is 2.26. The number of aliphatic hydroxyl groups excluding tert-OH is 1. The van der Waals surface area contributed by atoms with Gasteiger partial charge in [0.2, 0.25) is 0 Å². The zero-order valence-electron chi connectivity index (χ0n) is 12.7. The Hall–Kier alpha value is -1.36. The highest BCUT2D eigenvalue weighted by Crippen LogP contribution is 2.33. The Morgan fingerprint density at radius 2 is 1.95 bits per heavy atom. The third-order valence-corrected chi connectivity index (χ3v) is 4.28. The lowest BCUT2D eigenvalue weighted by atomic mass is 9.96. The molecule has 1 heterocycles. The first-order chi connectivity index (χ1) is 9.67. The van der Waals surface area contributed by atoms with E-state index < -0.39 is 0 Å². The topological polar surface area (TPSA) is 70.1 Å². The summed E-state index contributed by atoms with van der Waals surface area (Å²) in [6.45, 7) is 5.48. The first-order valence-corrected chi connectivity index (χ1v) is 7.54. The Kier molecular flexibility index (Phi) is 5.17. The molecule has 0 bridgehead atoms. The molecule has 0 spiro atoms. The fourth-order valence-electron chi connectivity index (χ4n) is 3.13. The number of rotatable bonds is 6. The van der Waals surface area contributed by atoms with Crippen molar-refractivity contribution >= 4 is 11.6 Å². The number of hydrogen-bond acceptors (Lipinski definition) is 5. The van der Waals surface area contributed by atoms with Crippen molar-refractivity contribution in [3.63, 3.8) is 0 Å². The van der Waals surface area contributed by atoms with Gasteiger partial charge in [0.25, 0.3) is 0 Å². The van der Waals surface area contributed by atoms with Crippen LogP contribution in [0.4, 0.5) is 11.6 Å². The van der Waals surface area contributed by atoms with Crippen molar-refractivity contribution in [1.29, 1.82) is 0 Å². The summed E-state index contributed by atoms with van der Waals surface area (Å²) in [6.07, 6.45) is 5.16. The molecule has 1 aromatic heterocycles. The molecule has 1 fully saturated rings. The molecule has 1 aromatic rings. The highest BCUT2D eigenvalue weighted by atomic mass is 16.3. The Morgan fingerprint density at radius 1 is 1.25 bits per heavy atom. The average molecular weight is 278 g/mol. The Balaban J connectivity index is 2.09. The SMILES string of the molecule is CNc1ncnc(NCC2CCCC2CO)c1C(C)C. The average Bonchev–Trinajstić information content (AvgIpc) is 2.91. The van der Waals surface area contributed by atoms with Crippen LogP contribution in [0, 0.1) is 11.8 Å². The second-order valence-electron chi connectivity index (χ2n) is 5.90. The molecular formula is C15H26N4O. The van der Waals surface area contributed by atoms with Gasteiger partial charge in [-0.05, 0) is 30.6 Å². The minimum absolute atomic E-state index is 0.301. The van der Waals surface area contributed by atoms with Crippen LogP contribution in [0.15, 0.2) is 6.33 Å². The van der Waals surface area contributed by atoms with Crippen LogP contribution in [0.2, 0.25) is 0 Å². The third-order valence-electron chi connectivity index (χ3n) is 4.28. The van der Waals surface area contributed by atoms with Crippen LogP contribution >= 0.6 is 0 Å². The molecule has 5 nitrogen and oxygen atoms in total. The first kappa shape index (κ1) is 15.0. The fraction of sp³-hybridized carbons (Fsp3) is 0.733. The van der Waals surface area contributed by atoms with E-state index in [4.69, 9.17) is 0 Å². The fourth-order valence-corrected chi connectivity index (χ4v) is 3.13. The van der Waals surface area contributed by atoms with Gasteiger partial charge in [0.1, 0.15) is 18.0 Å². The highest BCUT2D eigenvalue weighted by molar-refractivity contribution is 5.58. The predicted octanol–water partition coefficient (Wildman–Crippen LogP) is 2.46. The van der Waals surface area contributed by atoms with Crippen LogP contribution in [0.5, 0.6) is 0 Å². The lowest BCUT2D eigenvalue weighted by Gasteiger charge is -2.21. The molecule has 3 N–H and O–H groups in total. The number of hydrogen-bond donors (Lipinski definition) is 3. The van der Waals surface area contributed by atoms with Gasteiger partial charge in [-0.3, -0.25) is 0 Å². The summed E-state index contributed by atoms with van der Waals surface area (Å²) in [5, 5.41) is 16.0. The minimum atomic E-state index is 0.301. The van der Waals surface area contributed by atoms with E-state index in [-0.39, 0.29) is 0 Å². The van der Waals surface area contributed by atoms with Crippen LogP contribution in [0.3, 0.4) is 0 Å². The van der Waals surface area contributed by atoms with Crippen molar-refractivity contribution in [3.05, 3.63) is 11.9 Å². The third kappa shape index (κ3) is 3.20. The van der Waals surface area contributed by atoms with Crippen LogP contribution in [0.1, 0.15) is 44.6 Å². The molecular weight excluding hydrogens is 252 g/mol. The van der Waals surface area contributed by atoms with E-state index in [1.807, 2.05) is 7.05 Å². The smallest absolute Gasteiger partial charge is 0.134 e. The molecule has 1 saturated carbocycles. The van der Waals surface area contributed by atoms with Gasteiger partial charge in [0, 0.05) is 25.8 Å². The van der Waals surface area contributed by atoms with Crippen molar-refractivity contribution in [2.24, 2.45) is 11.8 Å². The quantitative estimate of drug-likeness (QED) is 0.745. The number of aliphatic hydroxyl groups is 1. The van der Waals surface area contributed by atoms with Gasteiger partial charge in [0.05, 0.1) is 0 Å². The second-order valence-corrected chi connectivity index (χ2v) is 5.90. The summed E-state index contributed by atoms with van der Waals surface area (Å²) < 4.78 is 0. The lowest BCUT2D eigenvalue weighted by Crippen LogP contribution is -2.22. The van der Waals surface area contributed by atoms with Crippen molar-refractivity contribution < 1.29 is 5.11 Å². The maximum atomic E-state index is 9.40. The summed E-state index contributed by atoms with van der Waals surface area (Å²) in [5.41, 5.74) is 1.13. The number of nitrogens with one attached hydrogen (secondary N) is 2. The molecule has 0 amide bonds. The van der Waals surface area contributed by atoms with Gasteiger partial charge in [0.15, 0.2) is 0 Å². The van der Waals surface area contributed by atoms with Gasteiger partial charge in [-0.2, -0.15) is 0 Å². The van der Waals surface area contributed by atoms with E-state index >= 15 is 0 Å². The zero-order chi connectivity index (χ0) is 14.5. The summed E-state index contributed by atoms with van der Waals surface area (Å²) in [7, 11) is 1.89. The largest absolute Gasteiger partial charge is 0.396 e. The maximum absolute atomic E-state index is 9.40. The van der Waals surface area contributed by atoms with Crippen molar-refractivity contribution in [2.75, 3.05) is 30.8 Å². The Morgan fingerprint density at radius 3 is 2.60 bits per heavy atom. The van der Waals surface area contributed by atoms with E-state index in [2.05, 4.69) is 34.4 Å². The minimum Gasteiger partial charge on any atom is -0.396 e. The van der Waals surface area contributed by atoms with Gasteiger partial charge in [-0.1, -0.05) is 20.3 Å². The molecule has 2 rings (SSSR count). The summed E-state index contributed by atoms with van der Waals surface area (Å²) in [6, 6.07) is 0. The van der Waals surface area contributed by atoms with Gasteiger partial charge >= 0.3 is 0 Å². The number of aromatic nitrogens is 2. The monoisotopic (exact) mass is 278 g/mol. The van der Waals surface area contributed by atoms with Crippen molar-refractivity contribution in [1.82, 2.24) is 9.97 Å². The van der Waals surface area contributed by atoms with Crippen LogP contribution in [0.25, 0.3) is 0 Å². The maximum Gasteiger partial charge on any atom is 0.134 e. The summed E-state index contributed by atoms with van der Waals surface area (Å²) >= 11 is 0. The molecule has 1 aliphatic carbocycles. The lowest BCUT2D eigenvalue weighted by molar-refractivity contribution is 0.199. The van der Waals surface area contributed by atoms with Crippen LogP contribution in [-0.4, -0.2) is 35.3 Å². The molecule has 0 radical (unpaired) electrons. The van der Waals surface area contributed by atoms with Crippen molar-refractivity contribution in [2.45, 2.75) is 39.0 Å². The number of anilines is 2. The Labute approximate surface area is 121 Å². The van der Waals surface area contributed by atoms with E-state index in [1.54, 1.807) is 6.33 Å². The summed E-state index contributed by atoms with van der Waals surface area (Å²) in [5.74, 6) is 3.16. The molecule has 2 unspecified atom stereocenters. The molecule has 1 aliphatic rings. The molecule has 0 saturated heterocycles. The molecule has 0 aliphatic heterocycles. The molecule has 112 valence electrons. The van der Waals surface area contributed by atoms with Gasteiger partial charge < -0.3 is 15.7 Å². The van der Waals surface area contributed by atoms with Crippen LogP contribution < -0.4 is 10.6 Å². The normalized spacial score (nSPS) is 22.2. The number of nitrogens with zero attached hydrogens (tertiary/aromatic N) is 2. The van der Waals surface area contributed by atoms with Crippen molar-refractivity contribution in [3.8, 4) is 0 Å². The van der Waals surface area contributed by atoms with E-state index in [9.17, 15) is 5.11 Å².